The number of rotatable bonds is 9. The second-order valence-electron chi connectivity index (χ2n) is 7.89. The van der Waals surface area contributed by atoms with Crippen molar-refractivity contribution in [3.63, 3.8) is 0 Å². The smallest absolute Gasteiger partial charge is 0.247 e. The molecule has 3 rings (SSSR count). The number of nitrogens with zero attached hydrogens (tertiary/aromatic N) is 3. The minimum Gasteiger partial charge on any atom is -0.352 e. The molecule has 0 aliphatic heterocycles. The molecule has 0 aliphatic rings. The Morgan fingerprint density at radius 2 is 1.72 bits per heavy atom. The summed E-state index contributed by atoms with van der Waals surface area (Å²) in [6.07, 6.45) is 5.24. The molecule has 1 heterocycles. The van der Waals surface area contributed by atoms with Gasteiger partial charge in [0.2, 0.25) is 11.8 Å². The summed E-state index contributed by atoms with van der Waals surface area (Å²) in [4.78, 5) is 26.3. The van der Waals surface area contributed by atoms with E-state index in [1.54, 1.807) is 6.08 Å². The largest absolute Gasteiger partial charge is 0.352 e. The summed E-state index contributed by atoms with van der Waals surface area (Å²) >= 11 is 0. The third kappa shape index (κ3) is 6.41. The van der Waals surface area contributed by atoms with Gasteiger partial charge in [0.15, 0.2) is 0 Å². The number of nitrogens with one attached hydrogen (secondary N) is 1. The maximum absolute atomic E-state index is 12.7. The number of likely N-dealkylation sites (N-methyl/N-ethyl adjacent to an activating group) is 1. The highest BCUT2D eigenvalue weighted by Crippen LogP contribution is 2.23. The molecule has 6 heteroatoms. The number of aromatic nitrogens is 2. The van der Waals surface area contributed by atoms with Crippen LogP contribution in [0.4, 0.5) is 0 Å². The van der Waals surface area contributed by atoms with Crippen LogP contribution >= 0.6 is 0 Å². The lowest BCUT2D eigenvalue weighted by Crippen LogP contribution is -2.42. The lowest BCUT2D eigenvalue weighted by molar-refractivity contribution is -0.132. The van der Waals surface area contributed by atoms with Gasteiger partial charge in [0, 0.05) is 36.0 Å². The number of amides is 2. The van der Waals surface area contributed by atoms with E-state index < -0.39 is 0 Å². The molecule has 3 aromatic rings. The first-order chi connectivity index (χ1) is 15.5. The first-order valence-electron chi connectivity index (χ1n) is 10.9. The Hall–Kier alpha value is -3.67. The van der Waals surface area contributed by atoms with Gasteiger partial charge in [0.25, 0.3) is 0 Å². The molecule has 0 fully saturated rings. The molecule has 1 aromatic heterocycles. The van der Waals surface area contributed by atoms with Crippen LogP contribution in [0.1, 0.15) is 31.9 Å². The zero-order chi connectivity index (χ0) is 22.9. The summed E-state index contributed by atoms with van der Waals surface area (Å²) in [7, 11) is 0. The predicted octanol–water partition coefficient (Wildman–Crippen LogP) is 3.98. The molecule has 0 spiro atoms. The highest BCUT2D eigenvalue weighted by atomic mass is 16.2. The first kappa shape index (κ1) is 23.0. The number of hydrogen-bond acceptors (Lipinski definition) is 3. The summed E-state index contributed by atoms with van der Waals surface area (Å²) < 4.78 is 1.88. The summed E-state index contributed by atoms with van der Waals surface area (Å²) in [6.45, 7) is 6.78. The Balaban J connectivity index is 1.82. The van der Waals surface area contributed by atoms with Gasteiger partial charge in [-0.15, -0.1) is 0 Å². The number of benzene rings is 2. The zero-order valence-corrected chi connectivity index (χ0v) is 18.9. The maximum atomic E-state index is 12.7. The fourth-order valence-corrected chi connectivity index (χ4v) is 3.38. The normalized spacial score (nSPS) is 11.1. The van der Waals surface area contributed by atoms with Gasteiger partial charge in [-0.3, -0.25) is 14.3 Å². The van der Waals surface area contributed by atoms with Gasteiger partial charge in [0.05, 0.1) is 18.8 Å². The van der Waals surface area contributed by atoms with Crippen molar-refractivity contribution in [2.45, 2.75) is 33.4 Å². The van der Waals surface area contributed by atoms with Gasteiger partial charge in [-0.05, 0) is 32.4 Å². The summed E-state index contributed by atoms with van der Waals surface area (Å²) in [5, 5.41) is 7.60. The van der Waals surface area contributed by atoms with E-state index in [0.29, 0.717) is 13.1 Å². The molecule has 0 saturated heterocycles. The van der Waals surface area contributed by atoms with Gasteiger partial charge < -0.3 is 10.2 Å². The van der Waals surface area contributed by atoms with Crippen molar-refractivity contribution >= 4 is 17.9 Å². The Morgan fingerprint density at radius 3 is 2.34 bits per heavy atom. The SMILES string of the molecule is CCN(CC(=O)NC(C)C)C(=O)/C=C/c1cn(Cc2ccccc2)nc1-c1ccccc1. The van der Waals surface area contributed by atoms with Crippen molar-refractivity contribution in [3.05, 3.63) is 84.1 Å². The number of hydrogen-bond donors (Lipinski definition) is 1. The third-order valence-electron chi connectivity index (χ3n) is 4.91. The molecule has 0 bridgehead atoms. The number of carbonyl (C=O) groups excluding carboxylic acids is 2. The van der Waals surface area contributed by atoms with E-state index in [1.165, 1.54) is 11.0 Å². The molecule has 0 saturated carbocycles. The Kier molecular flexibility index (Phi) is 7.97. The standard InChI is InChI=1S/C26H30N4O2/c1-4-29(19-24(31)27-20(2)3)25(32)16-15-23-18-30(17-21-11-7-5-8-12-21)28-26(23)22-13-9-6-10-14-22/h5-16,18,20H,4,17,19H2,1-3H3,(H,27,31)/b16-15+. The fraction of sp³-hybridized carbons (Fsp3) is 0.269. The lowest BCUT2D eigenvalue weighted by atomic mass is 10.1. The van der Waals surface area contributed by atoms with E-state index in [1.807, 2.05) is 80.2 Å². The lowest BCUT2D eigenvalue weighted by Gasteiger charge is -2.19. The molecule has 0 unspecified atom stereocenters. The van der Waals surface area contributed by atoms with Crippen molar-refractivity contribution in [2.24, 2.45) is 0 Å². The van der Waals surface area contributed by atoms with Crippen molar-refractivity contribution in [3.8, 4) is 11.3 Å². The van der Waals surface area contributed by atoms with Crippen LogP contribution < -0.4 is 5.32 Å². The van der Waals surface area contributed by atoms with Crippen molar-refractivity contribution in [2.75, 3.05) is 13.1 Å². The van der Waals surface area contributed by atoms with Crippen LogP contribution in [0.2, 0.25) is 0 Å². The minimum absolute atomic E-state index is 0.0377. The highest BCUT2D eigenvalue weighted by molar-refractivity contribution is 5.95. The Labute approximate surface area is 189 Å². The molecule has 6 nitrogen and oxygen atoms in total. The second-order valence-corrected chi connectivity index (χ2v) is 7.89. The van der Waals surface area contributed by atoms with E-state index in [4.69, 9.17) is 5.10 Å². The van der Waals surface area contributed by atoms with Crippen molar-refractivity contribution < 1.29 is 9.59 Å². The van der Waals surface area contributed by atoms with Gasteiger partial charge in [-0.25, -0.2) is 0 Å². The van der Waals surface area contributed by atoms with Gasteiger partial charge >= 0.3 is 0 Å². The van der Waals surface area contributed by atoms with Crippen molar-refractivity contribution in [1.29, 1.82) is 0 Å². The fourth-order valence-electron chi connectivity index (χ4n) is 3.38. The summed E-state index contributed by atoms with van der Waals surface area (Å²) in [5.41, 5.74) is 3.79. The first-order valence-corrected chi connectivity index (χ1v) is 10.9. The van der Waals surface area contributed by atoms with Crippen LogP contribution in [0.25, 0.3) is 17.3 Å². The molecule has 0 aliphatic carbocycles. The second kappa shape index (κ2) is 11.1. The van der Waals surface area contributed by atoms with E-state index in [0.717, 1.165) is 22.4 Å². The minimum atomic E-state index is -0.207. The van der Waals surface area contributed by atoms with Crippen LogP contribution in [-0.2, 0) is 16.1 Å². The topological polar surface area (TPSA) is 67.2 Å². The third-order valence-corrected chi connectivity index (χ3v) is 4.91. The molecule has 2 amide bonds. The molecule has 0 atom stereocenters. The molecule has 0 radical (unpaired) electrons. The Morgan fingerprint density at radius 1 is 1.06 bits per heavy atom. The van der Waals surface area contributed by atoms with Crippen LogP contribution in [0.5, 0.6) is 0 Å². The summed E-state index contributed by atoms with van der Waals surface area (Å²) in [6, 6.07) is 20.1. The average Bonchev–Trinajstić information content (AvgIpc) is 3.19. The number of carbonyl (C=O) groups is 2. The van der Waals surface area contributed by atoms with Gasteiger partial charge in [0.1, 0.15) is 0 Å². The monoisotopic (exact) mass is 430 g/mol. The average molecular weight is 431 g/mol. The highest BCUT2D eigenvalue weighted by Gasteiger charge is 2.15. The zero-order valence-electron chi connectivity index (χ0n) is 18.9. The van der Waals surface area contributed by atoms with Crippen LogP contribution in [0.15, 0.2) is 72.9 Å². The van der Waals surface area contributed by atoms with Crippen LogP contribution in [-0.4, -0.2) is 45.6 Å². The quantitative estimate of drug-likeness (QED) is 0.522. The molecule has 166 valence electrons. The van der Waals surface area contributed by atoms with Gasteiger partial charge in [-0.2, -0.15) is 5.10 Å². The Bertz CT molecular complexity index is 1060. The van der Waals surface area contributed by atoms with Crippen LogP contribution in [0, 0.1) is 0 Å². The van der Waals surface area contributed by atoms with Crippen molar-refractivity contribution in [1.82, 2.24) is 20.0 Å². The molecule has 2 aromatic carbocycles. The van der Waals surface area contributed by atoms with E-state index in [9.17, 15) is 9.59 Å². The van der Waals surface area contributed by atoms with E-state index in [2.05, 4.69) is 17.4 Å². The molecular formula is C26H30N4O2. The maximum Gasteiger partial charge on any atom is 0.247 e. The van der Waals surface area contributed by atoms with Crippen LogP contribution in [0.3, 0.4) is 0 Å². The molecule has 1 N–H and O–H groups in total. The van der Waals surface area contributed by atoms with E-state index >= 15 is 0 Å². The molecule has 32 heavy (non-hydrogen) atoms. The van der Waals surface area contributed by atoms with Gasteiger partial charge in [-0.1, -0.05) is 60.7 Å². The summed E-state index contributed by atoms with van der Waals surface area (Å²) in [5.74, 6) is -0.370. The van der Waals surface area contributed by atoms with E-state index in [-0.39, 0.29) is 24.4 Å². The predicted molar refractivity (Wildman–Crippen MR) is 128 cm³/mol. The molecular weight excluding hydrogens is 400 g/mol.